The lowest BCUT2D eigenvalue weighted by Gasteiger charge is -2.31. The van der Waals surface area contributed by atoms with Gasteiger partial charge >= 0.3 is 0 Å². The van der Waals surface area contributed by atoms with Crippen molar-refractivity contribution in [2.24, 2.45) is 0 Å². The Bertz CT molecular complexity index is 843. The monoisotopic (exact) mass is 384 g/mol. The number of hydrogen-bond acceptors (Lipinski definition) is 3. The van der Waals surface area contributed by atoms with E-state index in [1.54, 1.807) is 6.92 Å². The highest BCUT2D eigenvalue weighted by Crippen LogP contribution is 2.18. The first-order valence-electron chi connectivity index (χ1n) is 9.91. The number of para-hydroxylation sites is 2. The van der Waals surface area contributed by atoms with Crippen LogP contribution in [0.25, 0.3) is 11.0 Å². The van der Waals surface area contributed by atoms with Crippen molar-refractivity contribution in [1.82, 2.24) is 19.8 Å². The maximum absolute atomic E-state index is 13.0. The maximum atomic E-state index is 13.0. The molecule has 1 heterocycles. The summed E-state index contributed by atoms with van der Waals surface area (Å²) in [6.45, 7) is 14.3. The molecule has 2 rings (SSSR count). The predicted molar refractivity (Wildman–Crippen MR) is 113 cm³/mol. The minimum atomic E-state index is -0.131. The standard InChI is InChI=1S/C22H32N4O2/c1-15(2)22(28)23-13-9-12-20-24-18-10-7-8-11-19(18)25(20)14-21(27)26(16(3)4)17(5)6/h7-8,10-11,16-17H,1,9,12-14H2,2-6H3,(H,23,28). The van der Waals surface area contributed by atoms with Crippen molar-refractivity contribution in [3.8, 4) is 0 Å². The van der Waals surface area contributed by atoms with Crippen LogP contribution in [0.2, 0.25) is 0 Å². The van der Waals surface area contributed by atoms with Gasteiger partial charge in [-0.05, 0) is 53.2 Å². The number of rotatable bonds is 9. The van der Waals surface area contributed by atoms with Crippen molar-refractivity contribution in [3.05, 3.63) is 42.2 Å². The summed E-state index contributed by atoms with van der Waals surface area (Å²) in [5.74, 6) is 0.824. The first kappa shape index (κ1) is 21.7. The molecule has 1 aromatic carbocycles. The molecule has 0 atom stereocenters. The van der Waals surface area contributed by atoms with Gasteiger partial charge in [0, 0.05) is 30.6 Å². The Morgan fingerprint density at radius 1 is 1.18 bits per heavy atom. The van der Waals surface area contributed by atoms with Gasteiger partial charge in [0.25, 0.3) is 0 Å². The van der Waals surface area contributed by atoms with Gasteiger partial charge < -0.3 is 14.8 Å². The zero-order chi connectivity index (χ0) is 20.8. The number of carbonyl (C=O) groups is 2. The van der Waals surface area contributed by atoms with E-state index in [0.29, 0.717) is 18.5 Å². The summed E-state index contributed by atoms with van der Waals surface area (Å²) in [5.41, 5.74) is 2.35. The van der Waals surface area contributed by atoms with Gasteiger partial charge in [0.1, 0.15) is 12.4 Å². The molecular weight excluding hydrogens is 352 g/mol. The fourth-order valence-electron chi connectivity index (χ4n) is 3.48. The molecule has 0 aliphatic heterocycles. The predicted octanol–water partition coefficient (Wildman–Crippen LogP) is 3.31. The molecule has 0 unspecified atom stereocenters. The van der Waals surface area contributed by atoms with Crippen LogP contribution in [0.3, 0.4) is 0 Å². The summed E-state index contributed by atoms with van der Waals surface area (Å²) >= 11 is 0. The number of aryl methyl sites for hydroxylation is 1. The number of amides is 2. The number of nitrogens with zero attached hydrogens (tertiary/aromatic N) is 3. The van der Waals surface area contributed by atoms with Gasteiger partial charge in [-0.25, -0.2) is 4.98 Å². The molecule has 2 amide bonds. The highest BCUT2D eigenvalue weighted by Gasteiger charge is 2.22. The molecule has 6 nitrogen and oxygen atoms in total. The molecule has 6 heteroatoms. The van der Waals surface area contributed by atoms with Crippen molar-refractivity contribution >= 4 is 22.8 Å². The highest BCUT2D eigenvalue weighted by atomic mass is 16.2. The Kier molecular flexibility index (Phi) is 7.38. The smallest absolute Gasteiger partial charge is 0.246 e. The first-order chi connectivity index (χ1) is 13.2. The number of imidazole rings is 1. The zero-order valence-electron chi connectivity index (χ0n) is 17.7. The van der Waals surface area contributed by atoms with E-state index in [9.17, 15) is 9.59 Å². The van der Waals surface area contributed by atoms with Crippen LogP contribution in [-0.2, 0) is 22.6 Å². The Balaban J connectivity index is 2.19. The molecule has 1 aromatic heterocycles. The number of aromatic nitrogens is 2. The molecule has 0 aliphatic rings. The summed E-state index contributed by atoms with van der Waals surface area (Å²) in [4.78, 5) is 31.3. The second-order valence-electron chi connectivity index (χ2n) is 7.73. The van der Waals surface area contributed by atoms with E-state index < -0.39 is 0 Å². The molecule has 0 spiro atoms. The molecule has 0 bridgehead atoms. The Morgan fingerprint density at radius 2 is 1.82 bits per heavy atom. The highest BCUT2D eigenvalue weighted by molar-refractivity contribution is 5.92. The maximum Gasteiger partial charge on any atom is 0.246 e. The van der Waals surface area contributed by atoms with E-state index in [1.807, 2.05) is 61.4 Å². The average Bonchev–Trinajstić information content (AvgIpc) is 2.95. The zero-order valence-corrected chi connectivity index (χ0v) is 17.7. The van der Waals surface area contributed by atoms with Crippen LogP contribution < -0.4 is 5.32 Å². The second-order valence-corrected chi connectivity index (χ2v) is 7.73. The van der Waals surface area contributed by atoms with Gasteiger partial charge in [0.05, 0.1) is 11.0 Å². The van der Waals surface area contributed by atoms with Gasteiger partial charge in [0.2, 0.25) is 11.8 Å². The molecular formula is C22H32N4O2. The van der Waals surface area contributed by atoms with E-state index in [4.69, 9.17) is 4.98 Å². The van der Waals surface area contributed by atoms with Gasteiger partial charge in [-0.1, -0.05) is 18.7 Å². The SMILES string of the molecule is C=C(C)C(=O)NCCCc1nc2ccccc2n1CC(=O)N(C(C)C)C(C)C. The lowest BCUT2D eigenvalue weighted by atomic mass is 10.2. The summed E-state index contributed by atoms with van der Waals surface area (Å²) < 4.78 is 2.01. The van der Waals surface area contributed by atoms with Crippen LogP contribution in [-0.4, -0.2) is 44.9 Å². The van der Waals surface area contributed by atoms with Crippen molar-refractivity contribution in [3.63, 3.8) is 0 Å². The fourth-order valence-corrected chi connectivity index (χ4v) is 3.48. The summed E-state index contributed by atoms with van der Waals surface area (Å²) in [5, 5.41) is 2.84. The van der Waals surface area contributed by atoms with Gasteiger partial charge in [-0.15, -0.1) is 0 Å². The van der Waals surface area contributed by atoms with Crippen LogP contribution in [0.5, 0.6) is 0 Å². The molecule has 0 radical (unpaired) electrons. The van der Waals surface area contributed by atoms with Crippen LogP contribution in [0.4, 0.5) is 0 Å². The van der Waals surface area contributed by atoms with E-state index in [2.05, 4.69) is 11.9 Å². The molecule has 0 fully saturated rings. The third-order valence-corrected chi connectivity index (χ3v) is 4.68. The summed E-state index contributed by atoms with van der Waals surface area (Å²) in [6, 6.07) is 8.16. The van der Waals surface area contributed by atoms with E-state index in [1.165, 1.54) is 0 Å². The van der Waals surface area contributed by atoms with Gasteiger partial charge in [-0.3, -0.25) is 9.59 Å². The normalized spacial score (nSPS) is 11.2. The Labute approximate surface area is 167 Å². The molecule has 0 saturated carbocycles. The molecule has 2 aromatic rings. The van der Waals surface area contributed by atoms with E-state index in [0.717, 1.165) is 23.3 Å². The number of hydrogen-bond donors (Lipinski definition) is 1. The van der Waals surface area contributed by atoms with Crippen molar-refractivity contribution in [1.29, 1.82) is 0 Å². The topological polar surface area (TPSA) is 67.2 Å². The van der Waals surface area contributed by atoms with Crippen LogP contribution in [0.15, 0.2) is 36.4 Å². The largest absolute Gasteiger partial charge is 0.352 e. The minimum absolute atomic E-state index is 0.0880. The van der Waals surface area contributed by atoms with Gasteiger partial charge in [0.15, 0.2) is 0 Å². The summed E-state index contributed by atoms with van der Waals surface area (Å²) in [7, 11) is 0. The number of carbonyl (C=O) groups excluding carboxylic acids is 2. The lowest BCUT2D eigenvalue weighted by Crippen LogP contribution is -2.43. The molecule has 1 N–H and O–H groups in total. The average molecular weight is 385 g/mol. The second kappa shape index (κ2) is 9.53. The van der Waals surface area contributed by atoms with Crippen molar-refractivity contribution in [2.45, 2.75) is 66.1 Å². The van der Waals surface area contributed by atoms with E-state index >= 15 is 0 Å². The van der Waals surface area contributed by atoms with Gasteiger partial charge in [-0.2, -0.15) is 0 Å². The Morgan fingerprint density at radius 3 is 2.43 bits per heavy atom. The number of benzene rings is 1. The van der Waals surface area contributed by atoms with Crippen LogP contribution in [0.1, 0.15) is 46.9 Å². The van der Waals surface area contributed by atoms with E-state index in [-0.39, 0.29) is 30.4 Å². The molecule has 0 saturated heterocycles. The number of nitrogens with one attached hydrogen (secondary N) is 1. The first-order valence-corrected chi connectivity index (χ1v) is 9.91. The van der Waals surface area contributed by atoms with Crippen LogP contribution in [0, 0.1) is 0 Å². The van der Waals surface area contributed by atoms with Crippen molar-refractivity contribution in [2.75, 3.05) is 6.54 Å². The molecule has 152 valence electrons. The molecule has 28 heavy (non-hydrogen) atoms. The van der Waals surface area contributed by atoms with Crippen LogP contribution >= 0.6 is 0 Å². The molecule has 0 aliphatic carbocycles. The third-order valence-electron chi connectivity index (χ3n) is 4.68. The quantitative estimate of drug-likeness (QED) is 0.533. The van der Waals surface area contributed by atoms with Crippen molar-refractivity contribution < 1.29 is 9.59 Å². The summed E-state index contributed by atoms with van der Waals surface area (Å²) in [6.07, 6.45) is 1.43. The number of fused-ring (bicyclic) bond motifs is 1. The Hall–Kier alpha value is -2.63. The lowest BCUT2D eigenvalue weighted by molar-refractivity contribution is -0.135. The minimum Gasteiger partial charge on any atom is -0.352 e. The third kappa shape index (κ3) is 5.21. The fraction of sp³-hybridized carbons (Fsp3) is 0.500.